The molecule has 0 spiro atoms. The minimum atomic E-state index is -0.672. The van der Waals surface area contributed by atoms with Crippen molar-refractivity contribution in [2.45, 2.75) is 72.2 Å². The lowest BCUT2D eigenvalue weighted by molar-refractivity contribution is -0.155. The summed E-state index contributed by atoms with van der Waals surface area (Å²) >= 11 is 0. The first-order chi connectivity index (χ1) is 8.38. The quantitative estimate of drug-likeness (QED) is 0.656. The average molecular weight is 260 g/mol. The van der Waals surface area contributed by atoms with E-state index < -0.39 is 12.2 Å². The second-order valence-corrected chi connectivity index (χ2v) is 4.97. The third-order valence-electron chi connectivity index (χ3n) is 3.66. The zero-order valence-corrected chi connectivity index (χ0v) is 12.2. The molecule has 0 saturated carbocycles. The van der Waals surface area contributed by atoms with Crippen molar-refractivity contribution in [1.82, 2.24) is 0 Å². The zero-order valence-electron chi connectivity index (χ0n) is 12.2. The lowest BCUT2D eigenvalue weighted by Crippen LogP contribution is -2.40. The Bertz CT molecular complexity index is 242. The van der Waals surface area contributed by atoms with E-state index in [1.54, 1.807) is 6.92 Å². The van der Waals surface area contributed by atoms with Crippen LogP contribution in [0.3, 0.4) is 0 Å². The van der Waals surface area contributed by atoms with Gasteiger partial charge in [0.15, 0.2) is 0 Å². The Balaban J connectivity index is 4.56. The Morgan fingerprint density at radius 2 is 1.61 bits per heavy atom. The van der Waals surface area contributed by atoms with E-state index in [1.807, 2.05) is 27.7 Å². The SMILES string of the molecule is CCC(=O)O[C@@H](CC)[C@H](C)[C@@H](O)[C@@H](C)[C@@H](O)CC. The van der Waals surface area contributed by atoms with Gasteiger partial charge >= 0.3 is 5.97 Å². The van der Waals surface area contributed by atoms with Crippen LogP contribution >= 0.6 is 0 Å². The van der Waals surface area contributed by atoms with Crippen molar-refractivity contribution in [3.05, 3.63) is 0 Å². The predicted molar refractivity (Wildman–Crippen MR) is 71.1 cm³/mol. The van der Waals surface area contributed by atoms with Crippen LogP contribution in [0.15, 0.2) is 0 Å². The van der Waals surface area contributed by atoms with Crippen molar-refractivity contribution in [2.24, 2.45) is 11.8 Å². The molecule has 5 atom stereocenters. The molecule has 0 aromatic carbocycles. The Kier molecular flexibility index (Phi) is 8.20. The van der Waals surface area contributed by atoms with E-state index in [0.717, 1.165) is 0 Å². The van der Waals surface area contributed by atoms with Crippen LogP contribution in [0.1, 0.15) is 53.9 Å². The Hall–Kier alpha value is -0.610. The third kappa shape index (κ3) is 4.94. The molecule has 0 aliphatic heterocycles. The summed E-state index contributed by atoms with van der Waals surface area (Å²) in [6, 6.07) is 0. The lowest BCUT2D eigenvalue weighted by atomic mass is 9.84. The molecule has 0 aromatic heterocycles. The molecule has 0 unspecified atom stereocenters. The van der Waals surface area contributed by atoms with Crippen LogP contribution < -0.4 is 0 Å². The van der Waals surface area contributed by atoms with Gasteiger partial charge in [-0.25, -0.2) is 0 Å². The molecule has 0 rings (SSSR count). The molecular weight excluding hydrogens is 232 g/mol. The fourth-order valence-corrected chi connectivity index (χ4v) is 2.11. The number of aliphatic hydroxyl groups is 2. The van der Waals surface area contributed by atoms with Gasteiger partial charge in [0, 0.05) is 18.3 Å². The molecule has 0 fully saturated rings. The van der Waals surface area contributed by atoms with Gasteiger partial charge in [-0.15, -0.1) is 0 Å². The molecule has 2 N–H and O–H groups in total. The molecule has 0 saturated heterocycles. The molecule has 0 amide bonds. The Labute approximate surface area is 110 Å². The van der Waals surface area contributed by atoms with Gasteiger partial charge in [0.2, 0.25) is 0 Å². The van der Waals surface area contributed by atoms with Gasteiger partial charge in [0.1, 0.15) is 6.10 Å². The fraction of sp³-hybridized carbons (Fsp3) is 0.929. The summed E-state index contributed by atoms with van der Waals surface area (Å²) in [5.74, 6) is -0.648. The van der Waals surface area contributed by atoms with E-state index in [4.69, 9.17) is 4.74 Å². The highest BCUT2D eigenvalue weighted by molar-refractivity contribution is 5.69. The standard InChI is InChI=1S/C14H28O4/c1-6-11(15)9(4)14(17)10(5)12(7-2)18-13(16)8-3/h9-12,14-15,17H,6-8H2,1-5H3/t9-,10-,11-,12-,14-/m0/s1. The average Bonchev–Trinajstić information content (AvgIpc) is 2.40. The Morgan fingerprint density at radius 3 is 2.00 bits per heavy atom. The number of esters is 1. The first kappa shape index (κ1) is 17.4. The van der Waals surface area contributed by atoms with Gasteiger partial charge < -0.3 is 14.9 Å². The lowest BCUT2D eigenvalue weighted by Gasteiger charge is -2.32. The first-order valence-electron chi connectivity index (χ1n) is 6.94. The van der Waals surface area contributed by atoms with Crippen LogP contribution in [-0.2, 0) is 9.53 Å². The molecule has 18 heavy (non-hydrogen) atoms. The molecule has 0 radical (unpaired) electrons. The number of ether oxygens (including phenoxy) is 1. The number of hydrogen-bond donors (Lipinski definition) is 2. The van der Waals surface area contributed by atoms with Gasteiger partial charge in [-0.1, -0.05) is 34.6 Å². The summed E-state index contributed by atoms with van der Waals surface area (Å²) in [5.41, 5.74) is 0. The number of carbonyl (C=O) groups is 1. The highest BCUT2D eigenvalue weighted by Crippen LogP contribution is 2.24. The van der Waals surface area contributed by atoms with Gasteiger partial charge in [-0.05, 0) is 12.8 Å². The van der Waals surface area contributed by atoms with E-state index in [1.165, 1.54) is 0 Å². The normalized spacial score (nSPS) is 19.7. The van der Waals surface area contributed by atoms with Crippen molar-refractivity contribution >= 4 is 5.97 Å². The van der Waals surface area contributed by atoms with E-state index in [9.17, 15) is 15.0 Å². The molecule has 0 aliphatic carbocycles. The summed E-state index contributed by atoms with van der Waals surface area (Å²) < 4.78 is 5.31. The number of aliphatic hydroxyl groups excluding tert-OH is 2. The summed E-state index contributed by atoms with van der Waals surface area (Å²) in [4.78, 5) is 11.3. The highest BCUT2D eigenvalue weighted by atomic mass is 16.5. The van der Waals surface area contributed by atoms with Crippen LogP contribution in [0.4, 0.5) is 0 Å². The molecule has 4 nitrogen and oxygen atoms in total. The molecule has 0 bridgehead atoms. The van der Waals surface area contributed by atoms with E-state index >= 15 is 0 Å². The van der Waals surface area contributed by atoms with Crippen LogP contribution in [0, 0.1) is 11.8 Å². The smallest absolute Gasteiger partial charge is 0.305 e. The first-order valence-corrected chi connectivity index (χ1v) is 6.94. The van der Waals surface area contributed by atoms with Gasteiger partial charge in [-0.3, -0.25) is 4.79 Å². The molecule has 0 aliphatic rings. The number of carbonyl (C=O) groups excluding carboxylic acids is 1. The van der Waals surface area contributed by atoms with Crippen LogP contribution in [-0.4, -0.2) is 34.5 Å². The van der Waals surface area contributed by atoms with Gasteiger partial charge in [-0.2, -0.15) is 0 Å². The van der Waals surface area contributed by atoms with Crippen LogP contribution in [0.25, 0.3) is 0 Å². The molecule has 0 aromatic rings. The van der Waals surface area contributed by atoms with Crippen molar-refractivity contribution < 1.29 is 19.7 Å². The molecule has 0 heterocycles. The maximum Gasteiger partial charge on any atom is 0.305 e. The van der Waals surface area contributed by atoms with E-state index in [2.05, 4.69) is 0 Å². The third-order valence-corrected chi connectivity index (χ3v) is 3.66. The summed E-state index contributed by atoms with van der Waals surface area (Å²) in [7, 11) is 0. The van der Waals surface area contributed by atoms with E-state index in [-0.39, 0.29) is 23.9 Å². The maximum absolute atomic E-state index is 11.3. The molecule has 4 heteroatoms. The summed E-state index contributed by atoms with van der Waals surface area (Å²) in [6.45, 7) is 9.24. The van der Waals surface area contributed by atoms with Gasteiger partial charge in [0.05, 0.1) is 12.2 Å². The zero-order chi connectivity index (χ0) is 14.3. The summed E-state index contributed by atoms with van der Waals surface area (Å²) in [5, 5.41) is 20.0. The number of hydrogen-bond acceptors (Lipinski definition) is 4. The van der Waals surface area contributed by atoms with Crippen LogP contribution in [0.2, 0.25) is 0 Å². The second kappa shape index (κ2) is 8.48. The minimum Gasteiger partial charge on any atom is -0.462 e. The van der Waals surface area contributed by atoms with Gasteiger partial charge in [0.25, 0.3) is 0 Å². The number of rotatable bonds is 8. The van der Waals surface area contributed by atoms with E-state index in [0.29, 0.717) is 19.3 Å². The van der Waals surface area contributed by atoms with Crippen molar-refractivity contribution in [1.29, 1.82) is 0 Å². The monoisotopic (exact) mass is 260 g/mol. The van der Waals surface area contributed by atoms with Crippen molar-refractivity contribution in [2.75, 3.05) is 0 Å². The van der Waals surface area contributed by atoms with Crippen molar-refractivity contribution in [3.63, 3.8) is 0 Å². The fourth-order valence-electron chi connectivity index (χ4n) is 2.11. The van der Waals surface area contributed by atoms with Crippen LogP contribution in [0.5, 0.6) is 0 Å². The summed E-state index contributed by atoms with van der Waals surface area (Å²) in [6.07, 6.45) is 0.123. The largest absolute Gasteiger partial charge is 0.462 e. The van der Waals surface area contributed by atoms with Crippen molar-refractivity contribution in [3.8, 4) is 0 Å². The molecular formula is C14H28O4. The predicted octanol–water partition coefficient (Wildman–Crippen LogP) is 2.12. The maximum atomic E-state index is 11.3. The highest BCUT2D eigenvalue weighted by Gasteiger charge is 2.32. The topological polar surface area (TPSA) is 66.8 Å². The Morgan fingerprint density at radius 1 is 1.06 bits per heavy atom. The molecule has 108 valence electrons. The second-order valence-electron chi connectivity index (χ2n) is 4.97. The minimum absolute atomic E-state index is 0.179.